The molecule has 7 heteroatoms. The maximum atomic E-state index is 10.4. The highest BCUT2D eigenvalue weighted by Gasteiger charge is 2.06. The molecule has 0 amide bonds. The third-order valence-electron chi connectivity index (χ3n) is 3.05. The van der Waals surface area contributed by atoms with E-state index in [1.807, 2.05) is 42.4 Å². The standard InChI is InChI=1S/C7H13N2O.C7H8O3S/c1-7-8(2)3-4-9(7)5-6-10;1-6-2-4-7(5-3-6)11(8,9)10/h3-4,10H,5-6H2,1-2H3;2-5H,1H3,(H,8,9,10)/q+1;/p-1. The largest absolute Gasteiger partial charge is 0.744 e. The number of aromatic nitrogens is 2. The van der Waals surface area contributed by atoms with Crippen LogP contribution in [0.2, 0.25) is 0 Å². The van der Waals surface area contributed by atoms with Gasteiger partial charge in [-0.2, -0.15) is 0 Å². The first-order valence-corrected chi connectivity index (χ1v) is 7.81. The summed E-state index contributed by atoms with van der Waals surface area (Å²) in [5.74, 6) is 1.16. The van der Waals surface area contributed by atoms with Crippen LogP contribution in [0.4, 0.5) is 0 Å². The van der Waals surface area contributed by atoms with Gasteiger partial charge in [-0.15, -0.1) is 0 Å². The highest BCUT2D eigenvalue weighted by atomic mass is 32.2. The van der Waals surface area contributed by atoms with E-state index in [1.54, 1.807) is 12.1 Å². The second kappa shape index (κ2) is 7.35. The predicted octanol–water partition coefficient (Wildman–Crippen LogP) is 0.512. The lowest BCUT2D eigenvalue weighted by Gasteiger charge is -2.05. The summed E-state index contributed by atoms with van der Waals surface area (Å²) in [6, 6.07) is 5.78. The molecule has 2 rings (SSSR count). The lowest BCUT2D eigenvalue weighted by molar-refractivity contribution is -0.703. The summed E-state index contributed by atoms with van der Waals surface area (Å²) in [7, 11) is -2.28. The molecule has 2 aromatic rings. The summed E-state index contributed by atoms with van der Waals surface area (Å²) >= 11 is 0. The zero-order chi connectivity index (χ0) is 16.0. The fraction of sp³-hybridized carbons (Fsp3) is 0.357. The number of benzene rings is 1. The summed E-state index contributed by atoms with van der Waals surface area (Å²) in [6.07, 6.45) is 3.94. The number of hydrogen-bond acceptors (Lipinski definition) is 4. The molecular formula is C14H20N2O4S. The van der Waals surface area contributed by atoms with Gasteiger partial charge in [0.2, 0.25) is 0 Å². The molecule has 0 bridgehead atoms. The fourth-order valence-corrected chi connectivity index (χ4v) is 2.12. The van der Waals surface area contributed by atoms with E-state index in [0.717, 1.165) is 11.4 Å². The molecule has 0 fully saturated rings. The summed E-state index contributed by atoms with van der Waals surface area (Å²) < 4.78 is 35.2. The van der Waals surface area contributed by atoms with Gasteiger partial charge in [0.25, 0.3) is 5.82 Å². The van der Waals surface area contributed by atoms with E-state index in [4.69, 9.17) is 5.11 Å². The number of rotatable bonds is 3. The van der Waals surface area contributed by atoms with Crippen LogP contribution in [0.1, 0.15) is 11.4 Å². The molecule has 6 nitrogen and oxygen atoms in total. The highest BCUT2D eigenvalue weighted by molar-refractivity contribution is 7.85. The van der Waals surface area contributed by atoms with Gasteiger partial charge in [-0.1, -0.05) is 17.7 Å². The van der Waals surface area contributed by atoms with E-state index in [0.29, 0.717) is 6.54 Å². The molecule has 116 valence electrons. The Morgan fingerprint density at radius 2 is 1.81 bits per heavy atom. The van der Waals surface area contributed by atoms with Crippen molar-refractivity contribution in [3.8, 4) is 0 Å². The smallest absolute Gasteiger partial charge is 0.253 e. The van der Waals surface area contributed by atoms with Crippen LogP contribution in [0.25, 0.3) is 0 Å². The fourth-order valence-electron chi connectivity index (χ4n) is 1.65. The van der Waals surface area contributed by atoms with Crippen molar-refractivity contribution < 1.29 is 22.6 Å². The molecule has 0 spiro atoms. The monoisotopic (exact) mass is 312 g/mol. The third-order valence-corrected chi connectivity index (χ3v) is 3.90. The normalized spacial score (nSPS) is 10.9. The first-order chi connectivity index (χ1) is 9.75. The Morgan fingerprint density at radius 3 is 2.19 bits per heavy atom. The Hall–Kier alpha value is -1.70. The second-order valence-corrected chi connectivity index (χ2v) is 6.02. The second-order valence-electron chi connectivity index (χ2n) is 4.64. The molecule has 1 N–H and O–H groups in total. The van der Waals surface area contributed by atoms with Crippen LogP contribution in [-0.2, 0) is 23.7 Å². The molecule has 1 aromatic heterocycles. The topological polar surface area (TPSA) is 86.2 Å². The summed E-state index contributed by atoms with van der Waals surface area (Å²) in [5.41, 5.74) is 0.928. The quantitative estimate of drug-likeness (QED) is 0.661. The Labute approximate surface area is 125 Å². The molecule has 1 aromatic carbocycles. The number of aliphatic hydroxyl groups is 1. The lowest BCUT2D eigenvalue weighted by atomic mass is 10.2. The summed E-state index contributed by atoms with van der Waals surface area (Å²) in [4.78, 5) is -0.178. The minimum absolute atomic E-state index is 0.178. The van der Waals surface area contributed by atoms with Gasteiger partial charge in [-0.05, 0) is 19.1 Å². The zero-order valence-corrected chi connectivity index (χ0v) is 13.2. The lowest BCUT2D eigenvalue weighted by Crippen LogP contribution is -2.36. The minimum atomic E-state index is -4.27. The van der Waals surface area contributed by atoms with Gasteiger partial charge in [0, 0.05) is 6.92 Å². The van der Waals surface area contributed by atoms with E-state index in [1.165, 1.54) is 12.1 Å². The summed E-state index contributed by atoms with van der Waals surface area (Å²) in [6.45, 7) is 4.74. The van der Waals surface area contributed by atoms with Gasteiger partial charge in [-0.25, -0.2) is 17.6 Å². The van der Waals surface area contributed by atoms with Gasteiger partial charge in [-0.3, -0.25) is 0 Å². The van der Waals surface area contributed by atoms with Gasteiger partial charge in [0.15, 0.2) is 0 Å². The van der Waals surface area contributed by atoms with Crippen molar-refractivity contribution in [2.75, 3.05) is 6.61 Å². The molecule has 0 unspecified atom stereocenters. The Balaban J connectivity index is 0.000000211. The third kappa shape index (κ3) is 5.30. The number of aliphatic hydroxyl groups excluding tert-OH is 1. The minimum Gasteiger partial charge on any atom is -0.744 e. The average molecular weight is 312 g/mol. The van der Waals surface area contributed by atoms with E-state index >= 15 is 0 Å². The highest BCUT2D eigenvalue weighted by Crippen LogP contribution is 2.08. The molecule has 0 aliphatic rings. The van der Waals surface area contributed by atoms with Gasteiger partial charge in [0.1, 0.15) is 29.1 Å². The van der Waals surface area contributed by atoms with Crippen molar-refractivity contribution in [3.63, 3.8) is 0 Å². The van der Waals surface area contributed by atoms with E-state index in [2.05, 4.69) is 0 Å². The van der Waals surface area contributed by atoms with E-state index in [9.17, 15) is 13.0 Å². The molecule has 0 aliphatic heterocycles. The van der Waals surface area contributed by atoms with Crippen molar-refractivity contribution in [2.45, 2.75) is 25.3 Å². The first-order valence-electron chi connectivity index (χ1n) is 6.40. The average Bonchev–Trinajstić information content (AvgIpc) is 2.71. The van der Waals surface area contributed by atoms with Crippen molar-refractivity contribution in [1.82, 2.24) is 4.57 Å². The van der Waals surface area contributed by atoms with Crippen LogP contribution in [0, 0.1) is 13.8 Å². The predicted molar refractivity (Wildman–Crippen MR) is 76.6 cm³/mol. The number of aryl methyl sites for hydroxylation is 2. The first kappa shape index (κ1) is 17.4. The Morgan fingerprint density at radius 1 is 1.24 bits per heavy atom. The molecule has 0 aliphatic carbocycles. The van der Waals surface area contributed by atoms with Crippen molar-refractivity contribution in [2.24, 2.45) is 7.05 Å². The molecule has 1 heterocycles. The van der Waals surface area contributed by atoms with Crippen LogP contribution in [0.5, 0.6) is 0 Å². The molecule has 0 saturated heterocycles. The molecule has 0 saturated carbocycles. The Bertz CT molecular complexity index is 675. The van der Waals surface area contributed by atoms with Gasteiger partial charge in [0.05, 0.1) is 18.6 Å². The molecule has 21 heavy (non-hydrogen) atoms. The maximum absolute atomic E-state index is 10.4. The van der Waals surface area contributed by atoms with Crippen LogP contribution < -0.4 is 4.57 Å². The number of nitrogens with zero attached hydrogens (tertiary/aromatic N) is 2. The van der Waals surface area contributed by atoms with Crippen molar-refractivity contribution in [3.05, 3.63) is 48.0 Å². The van der Waals surface area contributed by atoms with Gasteiger partial charge < -0.3 is 9.66 Å². The van der Waals surface area contributed by atoms with Crippen LogP contribution >= 0.6 is 0 Å². The Kier molecular flexibility index (Phi) is 6.07. The van der Waals surface area contributed by atoms with Crippen LogP contribution in [0.15, 0.2) is 41.6 Å². The van der Waals surface area contributed by atoms with E-state index < -0.39 is 10.1 Å². The number of imidazole rings is 1. The maximum Gasteiger partial charge on any atom is 0.253 e. The molecular weight excluding hydrogens is 292 g/mol. The molecule has 0 atom stereocenters. The number of hydrogen-bond donors (Lipinski definition) is 1. The van der Waals surface area contributed by atoms with Crippen molar-refractivity contribution in [1.29, 1.82) is 0 Å². The van der Waals surface area contributed by atoms with Crippen LogP contribution in [0.3, 0.4) is 0 Å². The SMILES string of the molecule is Cc1ccc(S(=O)(=O)[O-])cc1.Cc1n(C)cc[n+]1CCO. The van der Waals surface area contributed by atoms with E-state index in [-0.39, 0.29) is 11.5 Å². The zero-order valence-electron chi connectivity index (χ0n) is 12.4. The molecule has 0 radical (unpaired) electrons. The van der Waals surface area contributed by atoms with Gasteiger partial charge >= 0.3 is 0 Å². The van der Waals surface area contributed by atoms with Crippen molar-refractivity contribution >= 4 is 10.1 Å². The van der Waals surface area contributed by atoms with Crippen LogP contribution in [-0.4, -0.2) is 29.3 Å². The summed E-state index contributed by atoms with van der Waals surface area (Å²) in [5, 5.41) is 8.62.